The predicted molar refractivity (Wildman–Crippen MR) is 48.6 cm³/mol. The minimum atomic E-state index is -0.638. The summed E-state index contributed by atoms with van der Waals surface area (Å²) < 4.78 is 0. The smallest absolute Gasteiger partial charge is 0.156 e. The van der Waals surface area contributed by atoms with E-state index in [1.165, 1.54) is 32.1 Å². The molecule has 1 N–H and O–H groups in total. The van der Waals surface area contributed by atoms with Crippen LogP contribution in [0.4, 0.5) is 0 Å². The fourth-order valence-electron chi connectivity index (χ4n) is 0.996. The molecule has 0 amide bonds. The molecular formula is C8H19OSi. The van der Waals surface area contributed by atoms with Gasteiger partial charge in [-0.2, -0.15) is 0 Å². The molecule has 0 aromatic carbocycles. The van der Waals surface area contributed by atoms with Crippen LogP contribution < -0.4 is 0 Å². The molecule has 0 aromatic rings. The van der Waals surface area contributed by atoms with Gasteiger partial charge < -0.3 is 4.80 Å². The van der Waals surface area contributed by atoms with E-state index in [0.717, 1.165) is 12.5 Å². The number of rotatable bonds is 7. The van der Waals surface area contributed by atoms with E-state index in [0.29, 0.717) is 0 Å². The molecule has 0 aliphatic carbocycles. The van der Waals surface area contributed by atoms with Crippen molar-refractivity contribution < 1.29 is 4.80 Å². The Morgan fingerprint density at radius 3 is 2.20 bits per heavy atom. The third-order valence-electron chi connectivity index (χ3n) is 1.66. The van der Waals surface area contributed by atoms with Crippen molar-refractivity contribution in [2.24, 2.45) is 0 Å². The monoisotopic (exact) mass is 159 g/mol. The van der Waals surface area contributed by atoms with Crippen LogP contribution in [-0.4, -0.2) is 14.6 Å². The van der Waals surface area contributed by atoms with Gasteiger partial charge in [-0.05, 0) is 6.04 Å². The molecule has 0 atom stereocenters. The Labute approximate surface area is 66.8 Å². The first-order chi connectivity index (χ1) is 4.91. The Morgan fingerprint density at radius 2 is 1.60 bits per heavy atom. The highest BCUT2D eigenvalue weighted by atomic mass is 28.2. The van der Waals surface area contributed by atoms with Crippen molar-refractivity contribution in [1.29, 1.82) is 0 Å². The lowest BCUT2D eigenvalue weighted by Crippen LogP contribution is -1.86. The quantitative estimate of drug-likeness (QED) is 0.442. The molecule has 0 bridgehead atoms. The molecule has 0 rings (SSSR count). The molecule has 0 saturated carbocycles. The molecule has 0 fully saturated rings. The molecule has 0 aliphatic heterocycles. The Morgan fingerprint density at radius 1 is 1.00 bits per heavy atom. The van der Waals surface area contributed by atoms with Crippen LogP contribution in [0.1, 0.15) is 38.5 Å². The van der Waals surface area contributed by atoms with Gasteiger partial charge in [0.25, 0.3) is 0 Å². The molecule has 1 radical (unpaired) electrons. The highest BCUT2D eigenvalue weighted by molar-refractivity contribution is 6.25. The van der Waals surface area contributed by atoms with Crippen LogP contribution in [0.2, 0.25) is 6.04 Å². The Kier molecular flexibility index (Phi) is 9.34. The molecule has 0 aliphatic rings. The number of unbranched alkanes of at least 4 members (excludes halogenated alkanes) is 5. The molecule has 61 valence electrons. The average Bonchev–Trinajstić information content (AvgIpc) is 1.97. The summed E-state index contributed by atoms with van der Waals surface area (Å²) in [5, 5.41) is 0. The van der Waals surface area contributed by atoms with E-state index in [-0.39, 0.29) is 0 Å². The van der Waals surface area contributed by atoms with Crippen molar-refractivity contribution in [2.75, 3.05) is 0 Å². The summed E-state index contributed by atoms with van der Waals surface area (Å²) in [5.74, 6) is 0. The molecule has 2 heteroatoms. The van der Waals surface area contributed by atoms with Crippen molar-refractivity contribution in [3.05, 3.63) is 6.92 Å². The van der Waals surface area contributed by atoms with E-state index in [9.17, 15) is 0 Å². The Balaban J connectivity index is 2.65. The molecule has 0 heterocycles. The van der Waals surface area contributed by atoms with Crippen molar-refractivity contribution in [1.82, 2.24) is 0 Å². The van der Waals surface area contributed by atoms with Crippen LogP contribution in [0, 0.1) is 6.92 Å². The summed E-state index contributed by atoms with van der Waals surface area (Å²) in [6.07, 6.45) is 7.58. The molecule has 0 saturated heterocycles. The standard InChI is InChI=1S/C8H19OSi/c1-2-3-4-5-6-7-8-10-9/h9H,1-8,10H2. The largest absolute Gasteiger partial charge is 0.438 e. The first kappa shape index (κ1) is 10.2. The van der Waals surface area contributed by atoms with Gasteiger partial charge in [0.2, 0.25) is 0 Å². The minimum Gasteiger partial charge on any atom is -0.438 e. The maximum Gasteiger partial charge on any atom is 0.156 e. The van der Waals surface area contributed by atoms with Crippen molar-refractivity contribution >= 4 is 9.76 Å². The minimum absolute atomic E-state index is 0.638. The molecule has 10 heavy (non-hydrogen) atoms. The lowest BCUT2D eigenvalue weighted by molar-refractivity contribution is 0.583. The van der Waals surface area contributed by atoms with Crippen LogP contribution in [0.3, 0.4) is 0 Å². The zero-order chi connectivity index (χ0) is 7.66. The van der Waals surface area contributed by atoms with Gasteiger partial charge in [0.1, 0.15) is 0 Å². The van der Waals surface area contributed by atoms with Gasteiger partial charge in [0.05, 0.1) is 0 Å². The SMILES string of the molecule is [CH2]CCCCCCC[SiH2]O. The van der Waals surface area contributed by atoms with Gasteiger partial charge >= 0.3 is 0 Å². The Bertz CT molecular complexity index is 49.2. The van der Waals surface area contributed by atoms with Gasteiger partial charge in [-0.3, -0.25) is 0 Å². The van der Waals surface area contributed by atoms with Gasteiger partial charge in [-0.25, -0.2) is 0 Å². The second-order valence-electron chi connectivity index (χ2n) is 2.70. The van der Waals surface area contributed by atoms with Crippen LogP contribution in [-0.2, 0) is 0 Å². The Hall–Kier alpha value is 0.177. The lowest BCUT2D eigenvalue weighted by Gasteiger charge is -1.97. The summed E-state index contributed by atoms with van der Waals surface area (Å²) in [7, 11) is -0.638. The topological polar surface area (TPSA) is 20.2 Å². The first-order valence-electron chi connectivity index (χ1n) is 4.32. The molecule has 0 spiro atoms. The molecular weight excluding hydrogens is 140 g/mol. The molecule has 0 unspecified atom stereocenters. The third kappa shape index (κ3) is 8.18. The van der Waals surface area contributed by atoms with Crippen LogP contribution in [0.25, 0.3) is 0 Å². The van der Waals surface area contributed by atoms with E-state index in [2.05, 4.69) is 6.92 Å². The van der Waals surface area contributed by atoms with Gasteiger partial charge in [0.15, 0.2) is 9.76 Å². The highest BCUT2D eigenvalue weighted by Gasteiger charge is 1.88. The second kappa shape index (κ2) is 9.18. The fourth-order valence-corrected chi connectivity index (χ4v) is 1.57. The molecule has 0 aromatic heterocycles. The number of hydrogen-bond donors (Lipinski definition) is 1. The van der Waals surface area contributed by atoms with E-state index >= 15 is 0 Å². The maximum atomic E-state index is 8.60. The third-order valence-corrected chi connectivity index (χ3v) is 2.47. The predicted octanol–water partition coefficient (Wildman–Crippen LogP) is 1.66. The van der Waals surface area contributed by atoms with E-state index in [1.54, 1.807) is 0 Å². The summed E-state index contributed by atoms with van der Waals surface area (Å²) in [6, 6.07) is 1.12. The fraction of sp³-hybridized carbons (Fsp3) is 0.875. The van der Waals surface area contributed by atoms with E-state index in [4.69, 9.17) is 4.80 Å². The normalized spacial score (nSPS) is 11.4. The first-order valence-corrected chi connectivity index (χ1v) is 5.95. The lowest BCUT2D eigenvalue weighted by atomic mass is 10.1. The maximum absolute atomic E-state index is 8.60. The van der Waals surface area contributed by atoms with E-state index < -0.39 is 9.76 Å². The summed E-state index contributed by atoms with van der Waals surface area (Å²) in [6.45, 7) is 3.79. The summed E-state index contributed by atoms with van der Waals surface area (Å²) in [5.41, 5.74) is 0. The average molecular weight is 159 g/mol. The highest BCUT2D eigenvalue weighted by Crippen LogP contribution is 2.05. The van der Waals surface area contributed by atoms with Gasteiger partial charge in [0, 0.05) is 0 Å². The number of hydrogen-bond acceptors (Lipinski definition) is 1. The van der Waals surface area contributed by atoms with Crippen molar-refractivity contribution in [3.63, 3.8) is 0 Å². The zero-order valence-corrected chi connectivity index (χ0v) is 8.23. The summed E-state index contributed by atoms with van der Waals surface area (Å²) in [4.78, 5) is 8.60. The van der Waals surface area contributed by atoms with Gasteiger partial charge in [-0.15, -0.1) is 0 Å². The summed E-state index contributed by atoms with van der Waals surface area (Å²) >= 11 is 0. The van der Waals surface area contributed by atoms with Crippen LogP contribution in [0.5, 0.6) is 0 Å². The molecule has 1 nitrogen and oxygen atoms in total. The van der Waals surface area contributed by atoms with Gasteiger partial charge in [-0.1, -0.05) is 45.4 Å². The van der Waals surface area contributed by atoms with Crippen LogP contribution in [0.15, 0.2) is 0 Å². The van der Waals surface area contributed by atoms with Crippen LogP contribution >= 0.6 is 0 Å². The van der Waals surface area contributed by atoms with E-state index in [1.807, 2.05) is 0 Å². The second-order valence-corrected chi connectivity index (χ2v) is 3.85. The van der Waals surface area contributed by atoms with Crippen molar-refractivity contribution in [3.8, 4) is 0 Å². The van der Waals surface area contributed by atoms with Crippen molar-refractivity contribution in [2.45, 2.75) is 44.6 Å². The zero-order valence-electron chi connectivity index (χ0n) is 6.81.